The first-order chi connectivity index (χ1) is 11.1. The molecule has 23 heavy (non-hydrogen) atoms. The Labute approximate surface area is 147 Å². The van der Waals surface area contributed by atoms with Crippen LogP contribution in [0.4, 0.5) is 0 Å². The van der Waals surface area contributed by atoms with E-state index in [0.29, 0.717) is 6.54 Å². The Bertz CT molecular complexity index is 378. The maximum Gasteiger partial charge on any atom is 0.244 e. The van der Waals surface area contributed by atoms with Crippen molar-refractivity contribution >= 4 is 28.8 Å². The van der Waals surface area contributed by atoms with Crippen LogP contribution in [0.3, 0.4) is 0 Å². The summed E-state index contributed by atoms with van der Waals surface area (Å²) in [6, 6.07) is 0. The minimum Gasteiger partial charge on any atom is -0.353 e. The van der Waals surface area contributed by atoms with Crippen LogP contribution in [0.15, 0.2) is 12.2 Å². The number of hydrogen-bond acceptors (Lipinski definition) is 3. The van der Waals surface area contributed by atoms with Gasteiger partial charge in [0.2, 0.25) is 5.91 Å². The quantitative estimate of drug-likeness (QED) is 0.261. The zero-order valence-electron chi connectivity index (χ0n) is 14.9. The van der Waals surface area contributed by atoms with E-state index in [1.54, 1.807) is 0 Å². The molecular formula is C19H33NO2S. The molecule has 132 valence electrons. The summed E-state index contributed by atoms with van der Waals surface area (Å²) in [5.74, 6) is -0.273. The third kappa shape index (κ3) is 15.6. The minimum absolute atomic E-state index is 0.0822. The highest BCUT2D eigenvalue weighted by Gasteiger charge is 2.04. The standard InChI is InChI=1S/C19H33NO2S/c1-3-5-7-8-9-11-15-20-19(22)14-13-17(21)16-18(23)12-10-6-4-2/h13-14H,3-12,15-16H2,1-2H3,(H,20,22). The molecule has 0 saturated carbocycles. The molecule has 0 radical (unpaired) electrons. The molecule has 0 aliphatic carbocycles. The molecule has 0 aliphatic heterocycles. The van der Waals surface area contributed by atoms with Crippen molar-refractivity contribution in [2.24, 2.45) is 0 Å². The van der Waals surface area contributed by atoms with Gasteiger partial charge in [-0.1, -0.05) is 71.0 Å². The first-order valence-electron chi connectivity index (χ1n) is 9.10. The molecule has 0 bridgehead atoms. The lowest BCUT2D eigenvalue weighted by Crippen LogP contribution is -2.22. The smallest absolute Gasteiger partial charge is 0.244 e. The van der Waals surface area contributed by atoms with E-state index in [0.717, 1.165) is 43.4 Å². The fourth-order valence-corrected chi connectivity index (χ4v) is 2.54. The lowest BCUT2D eigenvalue weighted by molar-refractivity contribution is -0.117. The van der Waals surface area contributed by atoms with E-state index in [9.17, 15) is 9.59 Å². The second-order valence-corrected chi connectivity index (χ2v) is 6.61. The van der Waals surface area contributed by atoms with Crippen LogP contribution in [0.5, 0.6) is 0 Å². The Morgan fingerprint density at radius 3 is 2.17 bits per heavy atom. The second kappa shape index (κ2) is 15.9. The average Bonchev–Trinajstić information content (AvgIpc) is 2.52. The van der Waals surface area contributed by atoms with E-state index in [1.807, 2.05) is 0 Å². The average molecular weight is 340 g/mol. The Kier molecular flexibility index (Phi) is 15.1. The summed E-state index contributed by atoms with van der Waals surface area (Å²) < 4.78 is 0. The number of thiocarbonyl (C=S) groups is 1. The maximum atomic E-state index is 11.7. The molecule has 1 amide bonds. The van der Waals surface area contributed by atoms with E-state index < -0.39 is 0 Å². The molecule has 0 atom stereocenters. The number of ketones is 1. The zero-order chi connectivity index (χ0) is 17.3. The van der Waals surface area contributed by atoms with Crippen LogP contribution in [0.2, 0.25) is 0 Å². The van der Waals surface area contributed by atoms with E-state index in [1.165, 1.54) is 37.8 Å². The van der Waals surface area contributed by atoms with E-state index in [-0.39, 0.29) is 18.1 Å². The molecule has 0 fully saturated rings. The first-order valence-corrected chi connectivity index (χ1v) is 9.51. The molecule has 0 rings (SSSR count). The fourth-order valence-electron chi connectivity index (χ4n) is 2.26. The molecule has 0 spiro atoms. The molecule has 0 aromatic carbocycles. The lowest BCUT2D eigenvalue weighted by atomic mass is 10.1. The van der Waals surface area contributed by atoms with Crippen molar-refractivity contribution in [2.45, 2.75) is 84.5 Å². The third-order valence-corrected chi connectivity index (χ3v) is 4.03. The minimum atomic E-state index is -0.191. The van der Waals surface area contributed by atoms with Gasteiger partial charge in [0.25, 0.3) is 0 Å². The Morgan fingerprint density at radius 2 is 1.48 bits per heavy atom. The highest BCUT2D eigenvalue weighted by atomic mass is 32.1. The third-order valence-electron chi connectivity index (χ3n) is 3.68. The normalized spacial score (nSPS) is 10.9. The predicted molar refractivity (Wildman–Crippen MR) is 102 cm³/mol. The molecule has 0 saturated heterocycles. The van der Waals surface area contributed by atoms with Gasteiger partial charge < -0.3 is 5.32 Å². The number of carbonyl (C=O) groups excluding carboxylic acids is 2. The molecule has 0 aromatic rings. The van der Waals surface area contributed by atoms with Crippen LogP contribution in [0.25, 0.3) is 0 Å². The van der Waals surface area contributed by atoms with Crippen molar-refractivity contribution in [3.05, 3.63) is 12.2 Å². The van der Waals surface area contributed by atoms with E-state index in [2.05, 4.69) is 19.2 Å². The Morgan fingerprint density at radius 1 is 0.870 bits per heavy atom. The van der Waals surface area contributed by atoms with Gasteiger partial charge >= 0.3 is 0 Å². The Hall–Kier alpha value is -1.03. The number of allylic oxidation sites excluding steroid dienone is 1. The molecule has 0 heterocycles. The number of hydrogen-bond donors (Lipinski definition) is 1. The molecule has 0 unspecified atom stereocenters. The summed E-state index contributed by atoms with van der Waals surface area (Å²) in [5.41, 5.74) is 0. The lowest BCUT2D eigenvalue weighted by Gasteiger charge is -2.02. The number of nitrogens with one attached hydrogen (secondary N) is 1. The maximum absolute atomic E-state index is 11.7. The molecule has 1 N–H and O–H groups in total. The van der Waals surface area contributed by atoms with E-state index in [4.69, 9.17) is 12.2 Å². The van der Waals surface area contributed by atoms with Crippen LogP contribution in [-0.2, 0) is 9.59 Å². The molecule has 4 heteroatoms. The SMILES string of the molecule is CCCCCCCCNC(=O)C=CC(=O)CC(=S)CCCCC. The van der Waals surface area contributed by atoms with Gasteiger partial charge in [-0.3, -0.25) is 9.59 Å². The van der Waals surface area contributed by atoms with E-state index >= 15 is 0 Å². The van der Waals surface area contributed by atoms with Crippen molar-refractivity contribution in [2.75, 3.05) is 6.54 Å². The van der Waals surface area contributed by atoms with Gasteiger partial charge in [0.1, 0.15) is 0 Å². The first kappa shape index (κ1) is 22.0. The van der Waals surface area contributed by atoms with Crippen molar-refractivity contribution in [3.8, 4) is 0 Å². The van der Waals surface area contributed by atoms with Crippen molar-refractivity contribution in [1.82, 2.24) is 5.32 Å². The zero-order valence-corrected chi connectivity index (χ0v) is 15.7. The monoisotopic (exact) mass is 339 g/mol. The van der Waals surface area contributed by atoms with Gasteiger partial charge in [0.15, 0.2) is 5.78 Å². The highest BCUT2D eigenvalue weighted by molar-refractivity contribution is 7.80. The Balaban J connectivity index is 3.69. The van der Waals surface area contributed by atoms with Crippen LogP contribution < -0.4 is 5.32 Å². The molecule has 0 aromatic heterocycles. The van der Waals surface area contributed by atoms with Gasteiger partial charge in [-0.2, -0.15) is 0 Å². The second-order valence-electron chi connectivity index (χ2n) is 6.03. The predicted octanol–water partition coefficient (Wildman–Crippen LogP) is 4.93. The number of amides is 1. The van der Waals surface area contributed by atoms with Gasteiger partial charge in [0, 0.05) is 23.9 Å². The molecular weight excluding hydrogens is 306 g/mol. The molecule has 3 nitrogen and oxygen atoms in total. The number of carbonyl (C=O) groups is 2. The fraction of sp³-hybridized carbons (Fsp3) is 0.737. The summed E-state index contributed by atoms with van der Waals surface area (Å²) in [6.07, 6.45) is 14.3. The summed E-state index contributed by atoms with van der Waals surface area (Å²) in [7, 11) is 0. The largest absolute Gasteiger partial charge is 0.353 e. The summed E-state index contributed by atoms with van der Waals surface area (Å²) in [4.78, 5) is 24.1. The highest BCUT2D eigenvalue weighted by Crippen LogP contribution is 2.05. The van der Waals surface area contributed by atoms with Crippen LogP contribution in [0, 0.1) is 0 Å². The topological polar surface area (TPSA) is 46.2 Å². The summed E-state index contributed by atoms with van der Waals surface area (Å²) in [5, 5.41) is 2.81. The summed E-state index contributed by atoms with van der Waals surface area (Å²) >= 11 is 5.20. The number of rotatable bonds is 15. The van der Waals surface area contributed by atoms with Crippen molar-refractivity contribution in [3.63, 3.8) is 0 Å². The summed E-state index contributed by atoms with van der Waals surface area (Å²) in [6.45, 7) is 5.02. The van der Waals surface area contributed by atoms with Crippen LogP contribution in [-0.4, -0.2) is 23.1 Å². The van der Waals surface area contributed by atoms with Gasteiger partial charge in [-0.25, -0.2) is 0 Å². The van der Waals surface area contributed by atoms with Crippen molar-refractivity contribution < 1.29 is 9.59 Å². The van der Waals surface area contributed by atoms with Gasteiger partial charge in [-0.05, 0) is 25.3 Å². The van der Waals surface area contributed by atoms with Crippen LogP contribution in [0.1, 0.15) is 84.5 Å². The van der Waals surface area contributed by atoms with Gasteiger partial charge in [-0.15, -0.1) is 0 Å². The van der Waals surface area contributed by atoms with Gasteiger partial charge in [0.05, 0.1) is 0 Å². The molecule has 0 aliphatic rings. The number of unbranched alkanes of at least 4 members (excludes halogenated alkanes) is 7. The van der Waals surface area contributed by atoms with Crippen LogP contribution >= 0.6 is 12.2 Å². The van der Waals surface area contributed by atoms with Crippen molar-refractivity contribution in [1.29, 1.82) is 0 Å².